The molecular weight excluding hydrogens is 384 g/mol. The lowest BCUT2D eigenvalue weighted by Gasteiger charge is -2.23. The van der Waals surface area contributed by atoms with Gasteiger partial charge in [0.15, 0.2) is 9.84 Å². The van der Waals surface area contributed by atoms with Crippen LogP contribution in [0.15, 0.2) is 53.4 Å². The van der Waals surface area contributed by atoms with E-state index in [0.29, 0.717) is 5.56 Å². The molecule has 2 heterocycles. The highest BCUT2D eigenvalue weighted by molar-refractivity contribution is 7.90. The van der Waals surface area contributed by atoms with Crippen LogP contribution < -0.4 is 5.73 Å². The smallest absolute Gasteiger partial charge is 0.254 e. The van der Waals surface area contributed by atoms with Crippen LogP contribution in [0.4, 0.5) is 0 Å². The Morgan fingerprint density at radius 3 is 2.33 bits per heavy atom. The third-order valence-corrected chi connectivity index (χ3v) is 6.67. The number of nitrogens with two attached hydrogens (primary N) is 1. The Labute approximate surface area is 165 Å². The standard InChI is InChI=1S/C20H22N2O3S.ClH/c1-26(24,25)17-8-5-13(6-9-17)14-3-2-4-15(11-14)20(23)22-16-7-10-19(22)18(21)12-16;/h2-6,8-9,11,16,18-19H,7,10,12,21H2,1H3;1H/t16-,18-,19+;/m1./s1. The maximum Gasteiger partial charge on any atom is 0.254 e. The number of carbonyl (C=O) groups excluding carboxylic acids is 1. The van der Waals surface area contributed by atoms with Gasteiger partial charge >= 0.3 is 0 Å². The van der Waals surface area contributed by atoms with Crippen molar-refractivity contribution in [2.75, 3.05) is 6.26 Å². The van der Waals surface area contributed by atoms with Crippen LogP contribution in [-0.4, -0.2) is 43.6 Å². The lowest BCUT2D eigenvalue weighted by molar-refractivity contribution is 0.0726. The zero-order chi connectivity index (χ0) is 18.5. The van der Waals surface area contributed by atoms with Crippen molar-refractivity contribution in [2.45, 2.75) is 42.3 Å². The minimum absolute atomic E-state index is 0. The average Bonchev–Trinajstić information content (AvgIpc) is 3.17. The molecule has 1 amide bonds. The summed E-state index contributed by atoms with van der Waals surface area (Å²) in [6, 6.07) is 14.8. The van der Waals surface area contributed by atoms with E-state index in [1.807, 2.05) is 29.2 Å². The van der Waals surface area contributed by atoms with E-state index < -0.39 is 9.84 Å². The third kappa shape index (κ3) is 3.61. The molecule has 0 aromatic heterocycles. The molecule has 144 valence electrons. The van der Waals surface area contributed by atoms with Gasteiger partial charge in [-0.3, -0.25) is 4.79 Å². The number of hydrogen-bond donors (Lipinski definition) is 1. The number of nitrogens with zero attached hydrogens (tertiary/aromatic N) is 1. The van der Waals surface area contributed by atoms with E-state index in [0.717, 1.165) is 30.4 Å². The van der Waals surface area contributed by atoms with Crippen molar-refractivity contribution in [3.63, 3.8) is 0 Å². The minimum atomic E-state index is -3.22. The van der Waals surface area contributed by atoms with Crippen LogP contribution in [0.3, 0.4) is 0 Å². The average molecular weight is 407 g/mol. The normalized spacial score (nSPS) is 23.9. The Morgan fingerprint density at radius 2 is 1.78 bits per heavy atom. The van der Waals surface area contributed by atoms with Gasteiger partial charge in [-0.1, -0.05) is 24.3 Å². The summed E-state index contributed by atoms with van der Waals surface area (Å²) in [5.41, 5.74) is 8.58. The van der Waals surface area contributed by atoms with Crippen molar-refractivity contribution in [3.8, 4) is 11.1 Å². The van der Waals surface area contributed by atoms with E-state index in [2.05, 4.69) is 0 Å². The molecule has 2 aromatic carbocycles. The zero-order valence-electron chi connectivity index (χ0n) is 15.0. The summed E-state index contributed by atoms with van der Waals surface area (Å²) in [4.78, 5) is 15.3. The number of benzene rings is 2. The van der Waals surface area contributed by atoms with Gasteiger partial charge in [-0.25, -0.2) is 8.42 Å². The summed E-state index contributed by atoms with van der Waals surface area (Å²) in [6.45, 7) is 0. The van der Waals surface area contributed by atoms with Crippen molar-refractivity contribution in [3.05, 3.63) is 54.1 Å². The lowest BCUT2D eigenvalue weighted by atomic mass is 9.96. The molecule has 0 saturated carbocycles. The first-order valence-corrected chi connectivity index (χ1v) is 10.7. The Hall–Kier alpha value is -1.89. The minimum Gasteiger partial charge on any atom is -0.331 e. The Balaban J connectivity index is 0.00000210. The number of halogens is 1. The van der Waals surface area contributed by atoms with Gasteiger partial charge in [-0.05, 0) is 54.7 Å². The predicted molar refractivity (Wildman–Crippen MR) is 108 cm³/mol. The molecular formula is C20H23ClN2O3S. The first-order valence-electron chi connectivity index (χ1n) is 8.83. The molecule has 0 spiro atoms. The van der Waals surface area contributed by atoms with Crippen LogP contribution in [0, 0.1) is 0 Å². The van der Waals surface area contributed by atoms with Gasteiger partial charge in [-0.2, -0.15) is 0 Å². The van der Waals surface area contributed by atoms with Gasteiger partial charge in [0.2, 0.25) is 0 Å². The number of rotatable bonds is 3. The first-order chi connectivity index (χ1) is 12.3. The largest absolute Gasteiger partial charge is 0.331 e. The summed E-state index contributed by atoms with van der Waals surface area (Å²) < 4.78 is 23.2. The molecule has 3 atom stereocenters. The van der Waals surface area contributed by atoms with E-state index in [1.165, 1.54) is 6.26 Å². The fourth-order valence-electron chi connectivity index (χ4n) is 4.23. The molecule has 0 aliphatic carbocycles. The highest BCUT2D eigenvalue weighted by Crippen LogP contribution is 2.38. The molecule has 7 heteroatoms. The monoisotopic (exact) mass is 406 g/mol. The molecule has 2 aliphatic heterocycles. The van der Waals surface area contributed by atoms with E-state index in [1.54, 1.807) is 24.3 Å². The van der Waals surface area contributed by atoms with Gasteiger partial charge < -0.3 is 10.6 Å². The van der Waals surface area contributed by atoms with Gasteiger partial charge in [0, 0.05) is 29.9 Å². The van der Waals surface area contributed by atoms with Crippen molar-refractivity contribution in [1.82, 2.24) is 4.90 Å². The summed E-state index contributed by atoms with van der Waals surface area (Å²) in [5, 5.41) is 0. The van der Waals surface area contributed by atoms with Gasteiger partial charge in [-0.15, -0.1) is 12.4 Å². The van der Waals surface area contributed by atoms with E-state index >= 15 is 0 Å². The molecule has 2 saturated heterocycles. The van der Waals surface area contributed by atoms with Crippen molar-refractivity contribution in [2.24, 2.45) is 5.73 Å². The summed E-state index contributed by atoms with van der Waals surface area (Å²) in [5.74, 6) is 0.0417. The quantitative estimate of drug-likeness (QED) is 0.849. The molecule has 2 fully saturated rings. The van der Waals surface area contributed by atoms with Gasteiger partial charge in [0.25, 0.3) is 5.91 Å². The van der Waals surface area contributed by atoms with E-state index in [9.17, 15) is 13.2 Å². The van der Waals surface area contributed by atoms with Crippen molar-refractivity contribution >= 4 is 28.2 Å². The Bertz CT molecular complexity index is 959. The fraction of sp³-hybridized carbons (Fsp3) is 0.350. The van der Waals surface area contributed by atoms with Crippen molar-refractivity contribution in [1.29, 1.82) is 0 Å². The molecule has 2 N–H and O–H groups in total. The van der Waals surface area contributed by atoms with E-state index in [-0.39, 0.29) is 41.3 Å². The Morgan fingerprint density at radius 1 is 1.07 bits per heavy atom. The first kappa shape index (κ1) is 19.9. The van der Waals surface area contributed by atoms with Crippen LogP contribution in [0.2, 0.25) is 0 Å². The second-order valence-corrected chi connectivity index (χ2v) is 9.30. The second kappa shape index (κ2) is 7.26. The number of hydrogen-bond acceptors (Lipinski definition) is 4. The number of amides is 1. The highest BCUT2D eigenvalue weighted by atomic mass is 35.5. The second-order valence-electron chi connectivity index (χ2n) is 7.29. The topological polar surface area (TPSA) is 80.5 Å². The van der Waals surface area contributed by atoms with Crippen LogP contribution in [0.25, 0.3) is 11.1 Å². The van der Waals surface area contributed by atoms with Crippen LogP contribution in [0.1, 0.15) is 29.6 Å². The number of fused-ring (bicyclic) bond motifs is 2. The maximum atomic E-state index is 13.0. The van der Waals surface area contributed by atoms with Crippen LogP contribution in [-0.2, 0) is 9.84 Å². The van der Waals surface area contributed by atoms with Gasteiger partial charge in [0.05, 0.1) is 4.90 Å². The molecule has 0 radical (unpaired) electrons. The molecule has 2 aromatic rings. The maximum absolute atomic E-state index is 13.0. The molecule has 2 aliphatic rings. The predicted octanol–water partition coefficient (Wildman–Crippen LogP) is 2.88. The zero-order valence-corrected chi connectivity index (χ0v) is 16.7. The van der Waals surface area contributed by atoms with Crippen LogP contribution >= 0.6 is 12.4 Å². The summed E-state index contributed by atoms with van der Waals surface area (Å²) >= 11 is 0. The third-order valence-electron chi connectivity index (χ3n) is 5.54. The summed E-state index contributed by atoms with van der Waals surface area (Å²) in [6.07, 6.45) is 4.11. The van der Waals surface area contributed by atoms with Crippen molar-refractivity contribution < 1.29 is 13.2 Å². The number of carbonyl (C=O) groups is 1. The van der Waals surface area contributed by atoms with E-state index in [4.69, 9.17) is 5.73 Å². The molecule has 0 unspecified atom stereocenters. The summed E-state index contributed by atoms with van der Waals surface area (Å²) in [7, 11) is -3.22. The fourth-order valence-corrected chi connectivity index (χ4v) is 4.86. The highest BCUT2D eigenvalue weighted by Gasteiger charge is 2.47. The molecule has 5 nitrogen and oxygen atoms in total. The molecule has 4 rings (SSSR count). The Kier molecular flexibility index (Phi) is 5.34. The van der Waals surface area contributed by atoms with Crippen LogP contribution in [0.5, 0.6) is 0 Å². The lowest BCUT2D eigenvalue weighted by Crippen LogP contribution is -2.40. The molecule has 2 bridgehead atoms. The SMILES string of the molecule is CS(=O)(=O)c1ccc(-c2cccc(C(=O)N3[C@@H]4CC[C@H]3[C@H](N)C4)c2)cc1.Cl. The van der Waals surface area contributed by atoms with Gasteiger partial charge in [0.1, 0.15) is 0 Å². The number of sulfone groups is 1. The molecule has 27 heavy (non-hydrogen) atoms.